The first-order valence-corrected chi connectivity index (χ1v) is 5.45. The van der Waals surface area contributed by atoms with E-state index in [1.165, 1.54) is 13.2 Å². The van der Waals surface area contributed by atoms with E-state index in [2.05, 4.69) is 20.7 Å². The molecule has 15 heavy (non-hydrogen) atoms. The minimum Gasteiger partial charge on any atom is -0.507 e. The maximum absolute atomic E-state index is 11.2. The van der Waals surface area contributed by atoms with Crippen LogP contribution in [0.1, 0.15) is 15.9 Å². The molecule has 0 aliphatic rings. The summed E-state index contributed by atoms with van der Waals surface area (Å²) in [7, 11) is 1.28. The fourth-order valence-electron chi connectivity index (χ4n) is 1.11. The lowest BCUT2D eigenvalue weighted by Crippen LogP contribution is -2.01. The van der Waals surface area contributed by atoms with E-state index in [1.807, 2.05) is 12.2 Å². The molecule has 4 heteroatoms. The highest BCUT2D eigenvalue weighted by Crippen LogP contribution is 2.20. The van der Waals surface area contributed by atoms with Crippen LogP contribution in [0.15, 0.2) is 24.3 Å². The highest BCUT2D eigenvalue weighted by atomic mass is 79.9. The van der Waals surface area contributed by atoms with Gasteiger partial charge in [0.25, 0.3) is 0 Å². The van der Waals surface area contributed by atoms with Crippen molar-refractivity contribution in [2.45, 2.75) is 0 Å². The SMILES string of the molecule is COC(=O)c1cc(C=CCBr)ccc1O. The summed E-state index contributed by atoms with van der Waals surface area (Å²) < 4.78 is 4.54. The van der Waals surface area contributed by atoms with Crippen LogP contribution in [0, 0.1) is 0 Å². The van der Waals surface area contributed by atoms with E-state index in [-0.39, 0.29) is 11.3 Å². The summed E-state index contributed by atoms with van der Waals surface area (Å²) in [4.78, 5) is 11.2. The number of halogens is 1. The van der Waals surface area contributed by atoms with Crippen LogP contribution in [0.4, 0.5) is 0 Å². The summed E-state index contributed by atoms with van der Waals surface area (Å²) in [5.41, 5.74) is 1.02. The van der Waals surface area contributed by atoms with Crippen molar-refractivity contribution in [1.82, 2.24) is 0 Å². The Morgan fingerprint density at radius 3 is 2.93 bits per heavy atom. The third kappa shape index (κ3) is 3.09. The molecular formula is C11H11BrO3. The van der Waals surface area contributed by atoms with Crippen LogP contribution in [0.2, 0.25) is 0 Å². The number of allylic oxidation sites excluding steroid dienone is 1. The van der Waals surface area contributed by atoms with Gasteiger partial charge < -0.3 is 9.84 Å². The van der Waals surface area contributed by atoms with Gasteiger partial charge in [0.05, 0.1) is 7.11 Å². The Morgan fingerprint density at radius 1 is 1.60 bits per heavy atom. The lowest BCUT2D eigenvalue weighted by Gasteiger charge is -2.03. The quantitative estimate of drug-likeness (QED) is 0.679. The molecule has 0 fully saturated rings. The van der Waals surface area contributed by atoms with Crippen LogP contribution in [0.3, 0.4) is 0 Å². The van der Waals surface area contributed by atoms with Crippen molar-refractivity contribution in [2.75, 3.05) is 12.4 Å². The Kier molecular flexibility index (Phi) is 4.37. The predicted molar refractivity (Wildman–Crippen MR) is 62.3 cm³/mol. The molecule has 0 saturated carbocycles. The number of ether oxygens (including phenoxy) is 1. The second kappa shape index (κ2) is 5.56. The van der Waals surface area contributed by atoms with Crippen molar-refractivity contribution < 1.29 is 14.6 Å². The summed E-state index contributed by atoms with van der Waals surface area (Å²) in [5, 5.41) is 10.2. The zero-order chi connectivity index (χ0) is 11.3. The molecule has 0 spiro atoms. The average Bonchev–Trinajstić information content (AvgIpc) is 2.27. The van der Waals surface area contributed by atoms with E-state index in [4.69, 9.17) is 0 Å². The minimum absolute atomic E-state index is 0.0714. The van der Waals surface area contributed by atoms with Crippen molar-refractivity contribution >= 4 is 28.0 Å². The molecule has 0 heterocycles. The predicted octanol–water partition coefficient (Wildman–Crippen LogP) is 2.59. The zero-order valence-electron chi connectivity index (χ0n) is 8.24. The highest BCUT2D eigenvalue weighted by molar-refractivity contribution is 9.09. The van der Waals surface area contributed by atoms with Crippen LogP contribution < -0.4 is 0 Å². The maximum atomic E-state index is 11.2. The van der Waals surface area contributed by atoms with Gasteiger partial charge in [0, 0.05) is 5.33 Å². The fourth-order valence-corrected chi connectivity index (χ4v) is 1.30. The Hall–Kier alpha value is -1.29. The van der Waals surface area contributed by atoms with Crippen LogP contribution >= 0.6 is 15.9 Å². The minimum atomic E-state index is -0.540. The van der Waals surface area contributed by atoms with Gasteiger partial charge in [-0.15, -0.1) is 0 Å². The van der Waals surface area contributed by atoms with E-state index in [9.17, 15) is 9.90 Å². The number of methoxy groups -OCH3 is 1. The van der Waals surface area contributed by atoms with Crippen LogP contribution in [0.5, 0.6) is 5.75 Å². The Morgan fingerprint density at radius 2 is 2.33 bits per heavy atom. The standard InChI is InChI=1S/C11H11BrO3/c1-15-11(14)9-7-8(3-2-6-12)4-5-10(9)13/h2-5,7,13H,6H2,1H3. The molecule has 0 bridgehead atoms. The topological polar surface area (TPSA) is 46.5 Å². The number of phenolic OH excluding ortho intramolecular Hbond substituents is 1. The van der Waals surface area contributed by atoms with Gasteiger partial charge in [-0.2, -0.15) is 0 Å². The molecule has 1 aromatic carbocycles. The number of alkyl halides is 1. The molecule has 0 aliphatic heterocycles. The summed E-state index contributed by atoms with van der Waals surface area (Å²) in [6, 6.07) is 4.78. The number of rotatable bonds is 3. The summed E-state index contributed by atoms with van der Waals surface area (Å²) in [6.45, 7) is 0. The van der Waals surface area contributed by atoms with Gasteiger partial charge in [0.2, 0.25) is 0 Å². The number of carbonyl (C=O) groups is 1. The molecule has 0 unspecified atom stereocenters. The number of hydrogen-bond donors (Lipinski definition) is 1. The molecule has 1 N–H and O–H groups in total. The first kappa shape index (κ1) is 11.8. The third-order valence-corrected chi connectivity index (χ3v) is 2.20. The molecule has 0 aliphatic carbocycles. The van der Waals surface area contributed by atoms with Gasteiger partial charge >= 0.3 is 5.97 Å². The highest BCUT2D eigenvalue weighted by Gasteiger charge is 2.10. The fraction of sp³-hybridized carbons (Fsp3) is 0.182. The molecule has 0 amide bonds. The van der Waals surface area contributed by atoms with Crippen LogP contribution in [-0.2, 0) is 4.74 Å². The number of phenols is 1. The van der Waals surface area contributed by atoms with Gasteiger partial charge in [0.1, 0.15) is 11.3 Å². The lowest BCUT2D eigenvalue weighted by molar-refractivity contribution is 0.0597. The Bertz CT molecular complexity index is 385. The molecule has 0 radical (unpaired) electrons. The van der Waals surface area contributed by atoms with E-state index in [0.717, 1.165) is 10.9 Å². The van der Waals surface area contributed by atoms with Crippen LogP contribution in [0.25, 0.3) is 6.08 Å². The second-order valence-electron chi connectivity index (χ2n) is 2.82. The van der Waals surface area contributed by atoms with Crippen molar-refractivity contribution in [3.63, 3.8) is 0 Å². The number of hydrogen-bond acceptors (Lipinski definition) is 3. The van der Waals surface area contributed by atoms with Crippen molar-refractivity contribution in [3.8, 4) is 5.75 Å². The molecule has 1 rings (SSSR count). The lowest BCUT2D eigenvalue weighted by atomic mass is 10.1. The zero-order valence-corrected chi connectivity index (χ0v) is 9.82. The first-order valence-electron chi connectivity index (χ1n) is 4.33. The molecule has 0 atom stereocenters. The Labute approximate surface area is 96.5 Å². The van der Waals surface area contributed by atoms with Crippen molar-refractivity contribution in [3.05, 3.63) is 35.4 Å². The smallest absolute Gasteiger partial charge is 0.341 e. The van der Waals surface area contributed by atoms with Crippen LogP contribution in [-0.4, -0.2) is 23.5 Å². The second-order valence-corrected chi connectivity index (χ2v) is 3.47. The normalized spacial score (nSPS) is 10.5. The molecular weight excluding hydrogens is 260 g/mol. The summed E-state index contributed by atoms with van der Waals surface area (Å²) in [5.74, 6) is -0.612. The van der Waals surface area contributed by atoms with Crippen molar-refractivity contribution in [1.29, 1.82) is 0 Å². The van der Waals surface area contributed by atoms with Gasteiger partial charge in [-0.05, 0) is 17.7 Å². The number of carbonyl (C=O) groups excluding carboxylic acids is 1. The van der Waals surface area contributed by atoms with E-state index >= 15 is 0 Å². The van der Waals surface area contributed by atoms with Gasteiger partial charge in [-0.1, -0.05) is 34.1 Å². The monoisotopic (exact) mass is 270 g/mol. The average molecular weight is 271 g/mol. The molecule has 0 saturated heterocycles. The van der Waals surface area contributed by atoms with Gasteiger partial charge in [-0.25, -0.2) is 4.79 Å². The number of benzene rings is 1. The summed E-state index contributed by atoms with van der Waals surface area (Å²) >= 11 is 3.25. The van der Waals surface area contributed by atoms with Gasteiger partial charge in [0.15, 0.2) is 0 Å². The van der Waals surface area contributed by atoms with E-state index < -0.39 is 5.97 Å². The molecule has 3 nitrogen and oxygen atoms in total. The first-order chi connectivity index (χ1) is 7.19. The largest absolute Gasteiger partial charge is 0.507 e. The molecule has 1 aromatic rings. The maximum Gasteiger partial charge on any atom is 0.341 e. The number of esters is 1. The summed E-state index contributed by atoms with van der Waals surface area (Å²) in [6.07, 6.45) is 3.74. The van der Waals surface area contributed by atoms with E-state index in [1.54, 1.807) is 12.1 Å². The van der Waals surface area contributed by atoms with E-state index in [0.29, 0.717) is 0 Å². The molecule has 0 aromatic heterocycles. The van der Waals surface area contributed by atoms with Crippen molar-refractivity contribution in [2.24, 2.45) is 0 Å². The van der Waals surface area contributed by atoms with Gasteiger partial charge in [-0.3, -0.25) is 0 Å². The molecule has 80 valence electrons. The Balaban J connectivity index is 3.05. The third-order valence-electron chi connectivity index (χ3n) is 1.83. The number of aromatic hydroxyl groups is 1.